The van der Waals surface area contributed by atoms with Crippen LogP contribution in [0.4, 0.5) is 26.3 Å². The molecule has 0 aromatic heterocycles. The lowest BCUT2D eigenvalue weighted by atomic mass is 9.68. The summed E-state index contributed by atoms with van der Waals surface area (Å²) < 4.78 is 94.4. The molecular weight excluding hydrogens is 1010 g/mol. The number of aryl methyl sites for hydroxylation is 4. The van der Waals surface area contributed by atoms with Gasteiger partial charge in [-0.05, 0) is 247 Å². The van der Waals surface area contributed by atoms with Gasteiger partial charge in [-0.2, -0.15) is 0 Å². The molecule has 2 unspecified atom stereocenters. The van der Waals surface area contributed by atoms with Crippen LogP contribution in [0.2, 0.25) is 0 Å². The predicted molar refractivity (Wildman–Crippen MR) is 298 cm³/mol. The highest BCUT2D eigenvalue weighted by molar-refractivity contribution is 5.44. The largest absolute Gasteiger partial charge is 0.573 e. The molecule has 442 valence electrons. The lowest BCUT2D eigenvalue weighted by Gasteiger charge is -2.38. The van der Waals surface area contributed by atoms with Gasteiger partial charge in [0.15, 0.2) is 23.7 Å². The molecule has 13 heteroatoms. The molecule has 7 nitrogen and oxygen atoms in total. The SMILES string of the molecule is C.C.CC1CCC(C2CCC(C(OO)c3cc(F)c(F)c(F)c3)CC2)CC1.Cc1cc(C(OO)C2CCC(C3CCC(C)CC3)CC2)cc(C)c1OC(F)(F)F.Cc1cc(C2OCC(C3CCC(C)CC3)CO2)cc(C)c1C. The highest BCUT2D eigenvalue weighted by Gasteiger charge is 2.38. The van der Waals surface area contributed by atoms with Gasteiger partial charge in [-0.1, -0.05) is 86.3 Å². The van der Waals surface area contributed by atoms with Crippen LogP contribution in [-0.2, 0) is 19.2 Å². The zero-order valence-electron chi connectivity index (χ0n) is 46.8. The predicted octanol–water partition coefficient (Wildman–Crippen LogP) is 20.0. The fraction of sp³-hybridized carbons (Fsp3) is 0.723. The lowest BCUT2D eigenvalue weighted by Crippen LogP contribution is -2.34. The zero-order valence-corrected chi connectivity index (χ0v) is 46.8. The Morgan fingerprint density at radius 2 is 0.782 bits per heavy atom. The van der Waals surface area contributed by atoms with Crippen LogP contribution >= 0.6 is 0 Å². The molecule has 0 bridgehead atoms. The van der Waals surface area contributed by atoms with E-state index in [1.54, 1.807) is 26.0 Å². The van der Waals surface area contributed by atoms with E-state index < -0.39 is 36.0 Å². The fourth-order valence-corrected chi connectivity index (χ4v) is 14.3. The van der Waals surface area contributed by atoms with Gasteiger partial charge < -0.3 is 14.2 Å². The Hall–Kier alpha value is -3.20. The maximum Gasteiger partial charge on any atom is 0.573 e. The van der Waals surface area contributed by atoms with Crippen LogP contribution in [-0.4, -0.2) is 30.1 Å². The summed E-state index contributed by atoms with van der Waals surface area (Å²) in [5.41, 5.74) is 6.86. The normalized spacial score (nSPS) is 30.4. The molecule has 3 aromatic rings. The summed E-state index contributed by atoms with van der Waals surface area (Å²) in [6.45, 7) is 18.4. The van der Waals surface area contributed by atoms with E-state index in [2.05, 4.69) is 63.3 Å². The van der Waals surface area contributed by atoms with E-state index in [1.165, 1.54) is 99.3 Å². The van der Waals surface area contributed by atoms with E-state index >= 15 is 0 Å². The van der Waals surface area contributed by atoms with Crippen LogP contribution in [0.5, 0.6) is 5.75 Å². The molecule has 78 heavy (non-hydrogen) atoms. The van der Waals surface area contributed by atoms with Gasteiger partial charge in [0.05, 0.1) is 13.2 Å². The standard InChI is InChI=1S/C23H33F3O3.C20H27F3O2.C20H30O2.2CH4/c1-14-4-6-17(7-5-14)18-8-10-19(11-9-18)22(29-27)20-12-15(2)21(16(3)13-20)28-23(24,25)26;1-12-2-4-13(5-3-12)14-6-8-15(9-7-14)20(25-24)16-10-17(21)19(23)18(22)11-16;1-13-5-7-17(8-6-13)19-11-21-20(22-12-19)18-9-14(2)16(4)15(3)10-18;;/h12-14,17-19,22,27H,4-11H2,1-3H3;10-15,20,24H,2-9H2,1H3;9-10,13,17,19-20H,5-8,11-12H2,1-4H3;2*1H4. The van der Waals surface area contributed by atoms with Crippen molar-refractivity contribution in [3.63, 3.8) is 0 Å². The van der Waals surface area contributed by atoms with Crippen LogP contribution in [0.15, 0.2) is 36.4 Å². The molecule has 1 aliphatic heterocycles. The number of halogens is 6. The second kappa shape index (κ2) is 30.2. The summed E-state index contributed by atoms with van der Waals surface area (Å²) in [5, 5.41) is 18.9. The summed E-state index contributed by atoms with van der Waals surface area (Å²) in [5.74, 6) is 3.06. The molecule has 0 radical (unpaired) electrons. The Kier molecular flexibility index (Phi) is 25.4. The number of hydrogen-bond donors (Lipinski definition) is 2. The highest BCUT2D eigenvalue weighted by atomic mass is 19.4. The Balaban J connectivity index is 0.000000215. The second-order valence-corrected chi connectivity index (χ2v) is 24.8. The molecule has 0 amide bonds. The molecule has 1 saturated heterocycles. The van der Waals surface area contributed by atoms with Crippen LogP contribution in [0.1, 0.15) is 227 Å². The van der Waals surface area contributed by atoms with Crippen LogP contribution in [0.3, 0.4) is 0 Å². The summed E-state index contributed by atoms with van der Waals surface area (Å²) in [4.78, 5) is 9.42. The van der Waals surface area contributed by atoms with Gasteiger partial charge in [0.1, 0.15) is 18.0 Å². The van der Waals surface area contributed by atoms with Gasteiger partial charge in [-0.3, -0.25) is 10.5 Å². The second-order valence-electron chi connectivity index (χ2n) is 24.8. The molecule has 2 N–H and O–H groups in total. The van der Waals surface area contributed by atoms with Gasteiger partial charge >= 0.3 is 6.36 Å². The third kappa shape index (κ3) is 17.7. The van der Waals surface area contributed by atoms with Crippen molar-refractivity contribution in [1.29, 1.82) is 0 Å². The van der Waals surface area contributed by atoms with E-state index in [4.69, 9.17) is 14.4 Å². The number of hydrogen-bond acceptors (Lipinski definition) is 7. The molecule has 6 aliphatic rings. The molecule has 2 atom stereocenters. The summed E-state index contributed by atoms with van der Waals surface area (Å²) >= 11 is 0. The number of benzene rings is 3. The first-order valence-corrected chi connectivity index (χ1v) is 29.1. The first kappa shape index (κ1) is 65.6. The highest BCUT2D eigenvalue weighted by Crippen LogP contribution is 2.48. The van der Waals surface area contributed by atoms with Crippen molar-refractivity contribution in [1.82, 2.24) is 0 Å². The van der Waals surface area contributed by atoms with E-state index in [0.717, 1.165) is 118 Å². The van der Waals surface area contributed by atoms with Crippen LogP contribution in [0, 0.1) is 117 Å². The molecule has 5 saturated carbocycles. The van der Waals surface area contributed by atoms with E-state index in [1.807, 2.05) is 0 Å². The summed E-state index contributed by atoms with van der Waals surface area (Å²) in [6, 6.07) is 9.57. The topological polar surface area (TPSA) is 86.6 Å². The van der Waals surface area contributed by atoms with Crippen molar-refractivity contribution in [3.05, 3.63) is 98.4 Å². The molecule has 6 fully saturated rings. The molecule has 0 spiro atoms. The quantitative estimate of drug-likeness (QED) is 0.0856. The van der Waals surface area contributed by atoms with E-state index in [-0.39, 0.29) is 44.3 Å². The maximum atomic E-state index is 13.5. The molecular formula is C65H98F6O7. The van der Waals surface area contributed by atoms with Gasteiger partial charge in [0.25, 0.3) is 0 Å². The van der Waals surface area contributed by atoms with Crippen molar-refractivity contribution in [2.24, 2.45) is 65.1 Å². The Labute approximate surface area is 465 Å². The van der Waals surface area contributed by atoms with Crippen molar-refractivity contribution in [2.45, 2.75) is 224 Å². The lowest BCUT2D eigenvalue weighted by molar-refractivity contribution is -0.296. The third-order valence-corrected chi connectivity index (χ3v) is 19.4. The third-order valence-electron chi connectivity index (χ3n) is 19.4. The Bertz CT molecular complexity index is 2190. The summed E-state index contributed by atoms with van der Waals surface area (Å²) in [6.07, 6.45) is 17.8. The van der Waals surface area contributed by atoms with E-state index in [0.29, 0.717) is 28.5 Å². The minimum atomic E-state index is -4.72. The zero-order chi connectivity index (χ0) is 54.8. The Morgan fingerprint density at radius 1 is 0.462 bits per heavy atom. The van der Waals surface area contributed by atoms with Crippen molar-refractivity contribution in [3.8, 4) is 5.75 Å². The van der Waals surface area contributed by atoms with E-state index in [9.17, 15) is 36.9 Å². The van der Waals surface area contributed by atoms with Crippen molar-refractivity contribution >= 4 is 0 Å². The maximum absolute atomic E-state index is 13.5. The molecule has 9 rings (SSSR count). The monoisotopic (exact) mass is 1100 g/mol. The number of rotatable bonds is 11. The minimum Gasteiger partial charge on any atom is -0.405 e. The summed E-state index contributed by atoms with van der Waals surface area (Å²) in [7, 11) is 0. The number of alkyl halides is 3. The fourth-order valence-electron chi connectivity index (χ4n) is 14.3. The van der Waals surface area contributed by atoms with Gasteiger partial charge in [-0.15, -0.1) is 13.2 Å². The molecule has 1 heterocycles. The van der Waals surface area contributed by atoms with Gasteiger partial charge in [0, 0.05) is 11.5 Å². The first-order chi connectivity index (χ1) is 36.2. The molecule has 3 aromatic carbocycles. The van der Waals surface area contributed by atoms with Gasteiger partial charge in [-0.25, -0.2) is 22.9 Å². The number of ether oxygens (including phenoxy) is 3. The average molecular weight is 1110 g/mol. The van der Waals surface area contributed by atoms with Crippen molar-refractivity contribution in [2.75, 3.05) is 13.2 Å². The van der Waals surface area contributed by atoms with Crippen LogP contribution < -0.4 is 4.74 Å². The minimum absolute atomic E-state index is 0. The average Bonchev–Trinajstić information content (AvgIpc) is 3.40. The first-order valence-electron chi connectivity index (χ1n) is 29.1. The molecule has 5 aliphatic carbocycles. The smallest absolute Gasteiger partial charge is 0.405 e. The van der Waals surface area contributed by atoms with Crippen LogP contribution in [0.25, 0.3) is 0 Å². The van der Waals surface area contributed by atoms with Crippen molar-refractivity contribution < 1.29 is 60.8 Å². The van der Waals surface area contributed by atoms with Gasteiger partial charge in [0.2, 0.25) is 0 Å². The Morgan fingerprint density at radius 3 is 1.12 bits per heavy atom.